The Morgan fingerprint density at radius 1 is 1.47 bits per heavy atom. The smallest absolute Gasteiger partial charge is 0.249 e. The molecule has 1 aromatic heterocycles. The third-order valence-electron chi connectivity index (χ3n) is 3.60. The van der Waals surface area contributed by atoms with E-state index in [2.05, 4.69) is 16.5 Å². The first-order chi connectivity index (χ1) is 9.16. The predicted octanol–water partition coefficient (Wildman–Crippen LogP) is 2.80. The zero-order chi connectivity index (χ0) is 13.4. The van der Waals surface area contributed by atoms with Gasteiger partial charge in [-0.25, -0.2) is 4.98 Å². The molecule has 2 aromatic rings. The maximum absolute atomic E-state index is 12.1. The van der Waals surface area contributed by atoms with E-state index in [-0.39, 0.29) is 11.9 Å². The predicted molar refractivity (Wildman–Crippen MR) is 74.6 cm³/mol. The molecule has 4 heteroatoms. The van der Waals surface area contributed by atoms with Crippen molar-refractivity contribution in [3.05, 3.63) is 42.2 Å². The quantitative estimate of drug-likeness (QED) is 0.839. The Kier molecular flexibility index (Phi) is 2.85. The van der Waals surface area contributed by atoms with Gasteiger partial charge in [0.2, 0.25) is 5.91 Å². The van der Waals surface area contributed by atoms with Crippen LogP contribution in [-0.4, -0.2) is 27.3 Å². The summed E-state index contributed by atoms with van der Waals surface area (Å²) in [6.45, 7) is 6.29. The normalized spacial score (nSPS) is 19.0. The number of carbonyl (C=O) groups excluding carboxylic acids is 1. The maximum Gasteiger partial charge on any atom is 0.249 e. The van der Waals surface area contributed by atoms with Crippen molar-refractivity contribution in [2.75, 3.05) is 6.54 Å². The SMILES string of the molecule is C=C(C)C(=O)N1CCCC1c1nc2ccccc2[nH]1. The molecule has 1 atom stereocenters. The van der Waals surface area contributed by atoms with E-state index in [1.807, 2.05) is 29.2 Å². The molecule has 0 saturated carbocycles. The lowest BCUT2D eigenvalue weighted by molar-refractivity contribution is -0.128. The lowest BCUT2D eigenvalue weighted by atomic mass is 10.2. The molecule has 3 rings (SSSR count). The molecular weight excluding hydrogens is 238 g/mol. The lowest BCUT2D eigenvalue weighted by Crippen LogP contribution is -2.31. The molecule has 1 aliphatic heterocycles. The van der Waals surface area contributed by atoms with Gasteiger partial charge < -0.3 is 9.88 Å². The number of rotatable bonds is 2. The van der Waals surface area contributed by atoms with Gasteiger partial charge in [0.25, 0.3) is 0 Å². The minimum absolute atomic E-state index is 0.0305. The van der Waals surface area contributed by atoms with Crippen LogP contribution in [0.25, 0.3) is 11.0 Å². The second kappa shape index (κ2) is 4.53. The Labute approximate surface area is 112 Å². The molecule has 1 N–H and O–H groups in total. The number of hydrogen-bond acceptors (Lipinski definition) is 2. The van der Waals surface area contributed by atoms with Crippen LogP contribution in [0.2, 0.25) is 0 Å². The van der Waals surface area contributed by atoms with Crippen LogP contribution in [0.15, 0.2) is 36.4 Å². The average molecular weight is 255 g/mol. The van der Waals surface area contributed by atoms with Crippen molar-refractivity contribution in [1.82, 2.24) is 14.9 Å². The zero-order valence-electron chi connectivity index (χ0n) is 11.0. The first-order valence-electron chi connectivity index (χ1n) is 6.58. The minimum Gasteiger partial charge on any atom is -0.340 e. The van der Waals surface area contributed by atoms with E-state index < -0.39 is 0 Å². The Balaban J connectivity index is 1.96. The van der Waals surface area contributed by atoms with Crippen molar-refractivity contribution in [1.29, 1.82) is 0 Å². The molecule has 1 fully saturated rings. The van der Waals surface area contributed by atoms with Crippen LogP contribution >= 0.6 is 0 Å². The summed E-state index contributed by atoms with van der Waals surface area (Å²) >= 11 is 0. The van der Waals surface area contributed by atoms with E-state index in [4.69, 9.17) is 0 Å². The largest absolute Gasteiger partial charge is 0.340 e. The van der Waals surface area contributed by atoms with Crippen LogP contribution in [0, 0.1) is 0 Å². The highest BCUT2D eigenvalue weighted by molar-refractivity contribution is 5.92. The molecular formula is C15H17N3O. The maximum atomic E-state index is 12.1. The van der Waals surface area contributed by atoms with Gasteiger partial charge in [-0.05, 0) is 31.9 Å². The van der Waals surface area contributed by atoms with Gasteiger partial charge in [0.1, 0.15) is 5.82 Å². The van der Waals surface area contributed by atoms with Crippen molar-refractivity contribution in [3.63, 3.8) is 0 Å². The third kappa shape index (κ3) is 2.03. The summed E-state index contributed by atoms with van der Waals surface area (Å²) in [6.07, 6.45) is 1.97. The van der Waals surface area contributed by atoms with E-state index in [1.165, 1.54) is 0 Å². The van der Waals surface area contributed by atoms with Crippen molar-refractivity contribution in [3.8, 4) is 0 Å². The minimum atomic E-state index is 0.0305. The van der Waals surface area contributed by atoms with Crippen molar-refractivity contribution >= 4 is 16.9 Å². The second-order valence-corrected chi connectivity index (χ2v) is 5.08. The summed E-state index contributed by atoms with van der Waals surface area (Å²) in [4.78, 5) is 21.9. The number of likely N-dealkylation sites (tertiary alicyclic amines) is 1. The van der Waals surface area contributed by atoms with Crippen molar-refractivity contribution in [2.45, 2.75) is 25.8 Å². The first-order valence-corrected chi connectivity index (χ1v) is 6.58. The highest BCUT2D eigenvalue weighted by Gasteiger charge is 2.32. The number of nitrogens with one attached hydrogen (secondary N) is 1. The number of H-pyrrole nitrogens is 1. The first kappa shape index (κ1) is 12.0. The van der Waals surface area contributed by atoms with E-state index in [0.717, 1.165) is 36.2 Å². The summed E-state index contributed by atoms with van der Waals surface area (Å²) in [5.74, 6) is 0.913. The summed E-state index contributed by atoms with van der Waals surface area (Å²) in [5.41, 5.74) is 2.56. The van der Waals surface area contributed by atoms with E-state index in [9.17, 15) is 4.79 Å². The van der Waals surface area contributed by atoms with E-state index in [0.29, 0.717) is 5.57 Å². The Bertz CT molecular complexity index is 611. The van der Waals surface area contributed by atoms with Crippen LogP contribution in [0.3, 0.4) is 0 Å². The number of aromatic nitrogens is 2. The van der Waals surface area contributed by atoms with Crippen LogP contribution < -0.4 is 0 Å². The number of amides is 1. The highest BCUT2D eigenvalue weighted by Crippen LogP contribution is 2.32. The summed E-state index contributed by atoms with van der Waals surface area (Å²) in [6, 6.07) is 7.99. The van der Waals surface area contributed by atoms with E-state index in [1.54, 1.807) is 6.92 Å². The zero-order valence-corrected chi connectivity index (χ0v) is 11.0. The molecule has 1 unspecified atom stereocenters. The van der Waals surface area contributed by atoms with Gasteiger partial charge in [-0.15, -0.1) is 0 Å². The van der Waals surface area contributed by atoms with Gasteiger partial charge in [0.15, 0.2) is 0 Å². The average Bonchev–Trinajstić information content (AvgIpc) is 3.03. The number of hydrogen-bond donors (Lipinski definition) is 1. The van der Waals surface area contributed by atoms with Crippen LogP contribution in [0.4, 0.5) is 0 Å². The third-order valence-corrected chi connectivity index (χ3v) is 3.60. The fraction of sp³-hybridized carbons (Fsp3) is 0.333. The molecule has 0 aliphatic carbocycles. The molecule has 1 aromatic carbocycles. The number of aromatic amines is 1. The molecule has 1 saturated heterocycles. The van der Waals surface area contributed by atoms with Crippen LogP contribution in [0.1, 0.15) is 31.6 Å². The molecule has 0 spiro atoms. The Morgan fingerprint density at radius 2 is 2.26 bits per heavy atom. The van der Waals surface area contributed by atoms with Crippen molar-refractivity contribution < 1.29 is 4.79 Å². The second-order valence-electron chi connectivity index (χ2n) is 5.08. The Hall–Kier alpha value is -2.10. The van der Waals surface area contributed by atoms with Crippen LogP contribution in [0.5, 0.6) is 0 Å². The number of nitrogens with zero attached hydrogens (tertiary/aromatic N) is 2. The highest BCUT2D eigenvalue weighted by atomic mass is 16.2. The molecule has 4 nitrogen and oxygen atoms in total. The Morgan fingerprint density at radius 3 is 3.00 bits per heavy atom. The molecule has 2 heterocycles. The molecule has 0 radical (unpaired) electrons. The van der Waals surface area contributed by atoms with Gasteiger partial charge in [0, 0.05) is 12.1 Å². The van der Waals surface area contributed by atoms with Gasteiger partial charge in [-0.3, -0.25) is 4.79 Å². The number of fused-ring (bicyclic) bond motifs is 1. The lowest BCUT2D eigenvalue weighted by Gasteiger charge is -2.23. The molecule has 0 bridgehead atoms. The molecule has 1 aliphatic rings. The topological polar surface area (TPSA) is 49.0 Å². The number of benzene rings is 1. The number of imidazole rings is 1. The molecule has 19 heavy (non-hydrogen) atoms. The van der Waals surface area contributed by atoms with Crippen LogP contribution in [-0.2, 0) is 4.79 Å². The number of para-hydroxylation sites is 2. The fourth-order valence-corrected chi connectivity index (χ4v) is 2.67. The van der Waals surface area contributed by atoms with Gasteiger partial charge in [0.05, 0.1) is 17.1 Å². The van der Waals surface area contributed by atoms with Gasteiger partial charge >= 0.3 is 0 Å². The monoisotopic (exact) mass is 255 g/mol. The fourth-order valence-electron chi connectivity index (χ4n) is 2.67. The summed E-state index contributed by atoms with van der Waals surface area (Å²) in [7, 11) is 0. The summed E-state index contributed by atoms with van der Waals surface area (Å²) < 4.78 is 0. The van der Waals surface area contributed by atoms with E-state index >= 15 is 0 Å². The van der Waals surface area contributed by atoms with Crippen molar-refractivity contribution in [2.24, 2.45) is 0 Å². The van der Waals surface area contributed by atoms with Gasteiger partial charge in [-0.2, -0.15) is 0 Å². The van der Waals surface area contributed by atoms with Gasteiger partial charge in [-0.1, -0.05) is 18.7 Å². The summed E-state index contributed by atoms with van der Waals surface area (Å²) in [5, 5.41) is 0. The molecule has 98 valence electrons. The molecule has 1 amide bonds. The number of carbonyl (C=O) groups is 1. The standard InChI is InChI=1S/C15H17N3O/c1-10(2)15(19)18-9-5-8-13(18)14-16-11-6-3-4-7-12(11)17-14/h3-4,6-7,13H,1,5,8-9H2,2H3,(H,16,17).